The Morgan fingerprint density at radius 1 is 1.27 bits per heavy atom. The molecule has 0 aliphatic rings. The number of rotatable bonds is 11. The van der Waals surface area contributed by atoms with Crippen molar-refractivity contribution in [3.63, 3.8) is 0 Å². The molecule has 0 aliphatic carbocycles. The molecule has 2 aromatic rings. The number of hydrogen-bond donors (Lipinski definition) is 1. The fraction of sp³-hybridized carbons (Fsp3) is 0.391. The van der Waals surface area contributed by atoms with Crippen LogP contribution in [0.5, 0.6) is 5.75 Å². The van der Waals surface area contributed by atoms with Crippen LogP contribution in [0, 0.1) is 0 Å². The molecule has 0 spiro atoms. The van der Waals surface area contributed by atoms with Crippen LogP contribution in [0.25, 0.3) is 15.8 Å². The summed E-state index contributed by atoms with van der Waals surface area (Å²) in [7, 11) is 3.14. The normalized spacial score (nSPS) is 13.0. The Kier molecular flexibility index (Phi) is 9.86. The summed E-state index contributed by atoms with van der Waals surface area (Å²) in [5.41, 5.74) is 2.29. The van der Waals surface area contributed by atoms with E-state index in [-0.39, 0.29) is 5.91 Å². The number of nitrogens with one attached hydrogen (secondary N) is 1. The van der Waals surface area contributed by atoms with Gasteiger partial charge in [0.2, 0.25) is 0 Å². The van der Waals surface area contributed by atoms with Gasteiger partial charge in [0.05, 0.1) is 17.8 Å². The molecule has 1 atom stereocenters. The average Bonchev–Trinajstić information content (AvgIpc) is 2.76. The second-order valence-corrected chi connectivity index (χ2v) is 7.44. The van der Waals surface area contributed by atoms with Crippen LogP contribution < -0.4 is 10.1 Å². The third-order valence-corrected chi connectivity index (χ3v) is 5.37. The van der Waals surface area contributed by atoms with Crippen molar-refractivity contribution in [1.29, 1.82) is 0 Å². The van der Waals surface area contributed by atoms with E-state index in [0.29, 0.717) is 24.7 Å². The topological polar surface area (TPSA) is 69.7 Å². The summed E-state index contributed by atoms with van der Waals surface area (Å²) in [5, 5.41) is 5.76. The fourth-order valence-corrected chi connectivity index (χ4v) is 3.39. The molecule has 6 nitrogen and oxygen atoms in total. The molecule has 0 aliphatic heterocycles. The molecular weight excluding hydrogens is 400 g/mol. The largest absolute Gasteiger partial charge is 0.490 e. The van der Waals surface area contributed by atoms with Gasteiger partial charge in [0, 0.05) is 36.3 Å². The van der Waals surface area contributed by atoms with Gasteiger partial charge in [0.25, 0.3) is 5.91 Å². The second kappa shape index (κ2) is 12.4. The molecule has 1 aromatic carbocycles. The number of allylic oxidation sites excluding steroid dienone is 2. The summed E-state index contributed by atoms with van der Waals surface area (Å²) in [4.78, 5) is 18.0. The smallest absolute Gasteiger partial charge is 0.253 e. The van der Waals surface area contributed by atoms with Gasteiger partial charge in [-0.05, 0) is 43.9 Å². The minimum atomic E-state index is -0.538. The lowest BCUT2D eigenvalue weighted by atomic mass is 10.1. The van der Waals surface area contributed by atoms with Crippen molar-refractivity contribution in [2.75, 3.05) is 32.8 Å². The van der Waals surface area contributed by atoms with E-state index in [9.17, 15) is 4.79 Å². The molecular formula is C23H30N2O4S. The number of nitrogens with zero attached hydrogens (tertiary/aromatic N) is 1. The summed E-state index contributed by atoms with van der Waals surface area (Å²) < 4.78 is 16.2. The number of methoxy groups -OCH3 is 2. The standard InChI is InChI=1S/C23H30N2O4S/c1-6-8-13-30-22(7-2)20-15-21(29-12-11-27-4)18-14-17(9-10-19(18)25-20)24-23(26)16(3)28-5/h7-10,13-16H,6,11-12H2,1-5H3,(H,24,26)/b13-8-,22-7-/t16-/m1/s1. The SMILES string of the molecule is C/C=C(\S/C=C\CC)c1cc(OCCOC)c2cc(NC(=O)[C@@H](C)OC)ccc2n1. The van der Waals surface area contributed by atoms with E-state index >= 15 is 0 Å². The van der Waals surface area contributed by atoms with Crippen LogP contribution in [0.2, 0.25) is 0 Å². The molecule has 0 saturated heterocycles. The highest BCUT2D eigenvalue weighted by molar-refractivity contribution is 8.10. The van der Waals surface area contributed by atoms with Crippen molar-refractivity contribution in [3.05, 3.63) is 47.5 Å². The molecule has 0 unspecified atom stereocenters. The van der Waals surface area contributed by atoms with E-state index in [0.717, 1.165) is 27.9 Å². The Morgan fingerprint density at radius 3 is 2.73 bits per heavy atom. The second-order valence-electron chi connectivity index (χ2n) is 6.50. The average molecular weight is 431 g/mol. The van der Waals surface area contributed by atoms with E-state index in [2.05, 4.69) is 23.7 Å². The molecule has 7 heteroatoms. The first kappa shape index (κ1) is 23.9. The summed E-state index contributed by atoms with van der Waals surface area (Å²) in [6, 6.07) is 7.52. The predicted octanol–water partition coefficient (Wildman–Crippen LogP) is 5.25. The maximum atomic E-state index is 12.2. The molecule has 1 N–H and O–H groups in total. The minimum Gasteiger partial charge on any atom is -0.490 e. The van der Waals surface area contributed by atoms with Crippen molar-refractivity contribution in [1.82, 2.24) is 4.98 Å². The number of amides is 1. The Bertz CT molecular complexity index is 911. The van der Waals surface area contributed by atoms with Gasteiger partial charge >= 0.3 is 0 Å². The first-order chi connectivity index (χ1) is 14.5. The monoisotopic (exact) mass is 430 g/mol. The predicted molar refractivity (Wildman–Crippen MR) is 125 cm³/mol. The quantitative estimate of drug-likeness (QED) is 0.491. The molecule has 0 radical (unpaired) electrons. The fourth-order valence-electron chi connectivity index (χ4n) is 2.60. The van der Waals surface area contributed by atoms with Crippen LogP contribution in [0.1, 0.15) is 32.9 Å². The number of aromatic nitrogens is 1. The maximum absolute atomic E-state index is 12.2. The minimum absolute atomic E-state index is 0.210. The van der Waals surface area contributed by atoms with E-state index in [1.54, 1.807) is 25.8 Å². The lowest BCUT2D eigenvalue weighted by Crippen LogP contribution is -2.26. The third-order valence-electron chi connectivity index (χ3n) is 4.35. The van der Waals surface area contributed by atoms with Crippen molar-refractivity contribution < 1.29 is 19.0 Å². The van der Waals surface area contributed by atoms with Crippen molar-refractivity contribution in [2.45, 2.75) is 33.3 Å². The van der Waals surface area contributed by atoms with Gasteiger partial charge in [-0.25, -0.2) is 4.98 Å². The van der Waals surface area contributed by atoms with Crippen LogP contribution in [0.3, 0.4) is 0 Å². The Hall–Kier alpha value is -2.35. The first-order valence-electron chi connectivity index (χ1n) is 9.92. The van der Waals surface area contributed by atoms with E-state index in [4.69, 9.17) is 19.2 Å². The zero-order valence-electron chi connectivity index (χ0n) is 18.2. The van der Waals surface area contributed by atoms with Crippen molar-refractivity contribution >= 4 is 39.2 Å². The number of fused-ring (bicyclic) bond motifs is 1. The number of carbonyl (C=O) groups excluding carboxylic acids is 1. The number of anilines is 1. The Labute approximate surface area is 182 Å². The summed E-state index contributed by atoms with van der Waals surface area (Å²) >= 11 is 1.63. The zero-order valence-corrected chi connectivity index (χ0v) is 19.0. The summed E-state index contributed by atoms with van der Waals surface area (Å²) in [6.07, 6.45) is 4.60. The first-order valence-corrected chi connectivity index (χ1v) is 10.8. The third kappa shape index (κ3) is 6.58. The van der Waals surface area contributed by atoms with Crippen LogP contribution in [-0.4, -0.2) is 44.4 Å². The summed E-state index contributed by atoms with van der Waals surface area (Å²) in [5.74, 6) is 0.487. The lowest BCUT2D eigenvalue weighted by Gasteiger charge is -2.14. The molecule has 0 bridgehead atoms. The number of pyridine rings is 1. The molecule has 0 fully saturated rings. The highest BCUT2D eigenvalue weighted by Crippen LogP contribution is 2.34. The lowest BCUT2D eigenvalue weighted by molar-refractivity contribution is -0.124. The molecule has 30 heavy (non-hydrogen) atoms. The number of thioether (sulfide) groups is 1. The Balaban J connectivity index is 2.44. The highest BCUT2D eigenvalue weighted by atomic mass is 32.2. The Morgan fingerprint density at radius 2 is 2.07 bits per heavy atom. The van der Waals surface area contributed by atoms with Gasteiger partial charge in [-0.2, -0.15) is 0 Å². The van der Waals surface area contributed by atoms with Crippen LogP contribution >= 0.6 is 11.8 Å². The van der Waals surface area contributed by atoms with E-state index in [1.165, 1.54) is 7.11 Å². The number of benzene rings is 1. The van der Waals surface area contributed by atoms with Crippen LogP contribution in [0.4, 0.5) is 5.69 Å². The highest BCUT2D eigenvalue weighted by Gasteiger charge is 2.14. The zero-order chi connectivity index (χ0) is 21.9. The van der Waals surface area contributed by atoms with Gasteiger partial charge in [0.15, 0.2) is 0 Å². The number of hydrogen-bond acceptors (Lipinski definition) is 6. The van der Waals surface area contributed by atoms with Gasteiger partial charge in [-0.3, -0.25) is 4.79 Å². The number of ether oxygens (including phenoxy) is 3. The molecule has 1 amide bonds. The molecule has 0 saturated carbocycles. The van der Waals surface area contributed by atoms with Gasteiger partial charge < -0.3 is 19.5 Å². The summed E-state index contributed by atoms with van der Waals surface area (Å²) in [6.45, 7) is 6.69. The molecule has 1 heterocycles. The molecule has 2 rings (SSSR count). The van der Waals surface area contributed by atoms with Gasteiger partial charge in [-0.15, -0.1) is 0 Å². The molecule has 162 valence electrons. The van der Waals surface area contributed by atoms with Crippen molar-refractivity contribution in [2.24, 2.45) is 0 Å². The van der Waals surface area contributed by atoms with Crippen molar-refractivity contribution in [3.8, 4) is 5.75 Å². The van der Waals surface area contributed by atoms with E-state index < -0.39 is 6.10 Å². The number of carbonyl (C=O) groups is 1. The maximum Gasteiger partial charge on any atom is 0.253 e. The van der Waals surface area contributed by atoms with E-state index in [1.807, 2.05) is 37.3 Å². The molecule has 1 aromatic heterocycles. The van der Waals surface area contributed by atoms with Gasteiger partial charge in [-0.1, -0.05) is 30.8 Å². The van der Waals surface area contributed by atoms with Crippen LogP contribution in [-0.2, 0) is 14.3 Å². The van der Waals surface area contributed by atoms with Gasteiger partial charge in [0.1, 0.15) is 18.5 Å². The van der Waals surface area contributed by atoms with Crippen LogP contribution in [0.15, 0.2) is 41.8 Å².